The summed E-state index contributed by atoms with van der Waals surface area (Å²) in [5.41, 5.74) is 2.35. The van der Waals surface area contributed by atoms with Crippen molar-refractivity contribution in [2.45, 2.75) is 21.4 Å². The Kier molecular flexibility index (Phi) is 5.05. The lowest BCUT2D eigenvalue weighted by Crippen LogP contribution is -1.84. The van der Waals surface area contributed by atoms with Crippen LogP contribution in [0.4, 0.5) is 0 Å². The Bertz CT molecular complexity index is 1010. The third kappa shape index (κ3) is 3.53. The van der Waals surface area contributed by atoms with Gasteiger partial charge in [-0.2, -0.15) is 0 Å². The Labute approximate surface area is 161 Å². The predicted octanol–water partition coefficient (Wildman–Crippen LogP) is 4.57. The van der Waals surface area contributed by atoms with Crippen LogP contribution in [0, 0.1) is 6.92 Å². The minimum absolute atomic E-state index is 0.403. The van der Waals surface area contributed by atoms with Gasteiger partial charge in [0.05, 0.1) is 5.75 Å². The van der Waals surface area contributed by atoms with Crippen LogP contribution in [0.5, 0.6) is 0 Å². The third-order valence-corrected chi connectivity index (χ3v) is 6.49. The van der Waals surface area contributed by atoms with E-state index in [9.17, 15) is 0 Å². The number of rotatable bonds is 6. The van der Waals surface area contributed by atoms with Gasteiger partial charge in [-0.3, -0.25) is 0 Å². The summed E-state index contributed by atoms with van der Waals surface area (Å²) in [4.78, 5) is 0. The second-order valence-corrected chi connectivity index (χ2v) is 8.41. The molecular weight excluding hydrogens is 390 g/mol. The topological polar surface area (TPSA) is 90.7 Å². The van der Waals surface area contributed by atoms with Crippen molar-refractivity contribution in [2.75, 3.05) is 6.26 Å². The molecule has 0 saturated heterocycles. The van der Waals surface area contributed by atoms with E-state index in [1.807, 2.05) is 43.5 Å². The van der Waals surface area contributed by atoms with Gasteiger partial charge in [-0.15, -0.1) is 20.4 Å². The quantitative estimate of drug-likeness (QED) is 0.429. The highest BCUT2D eigenvalue weighted by molar-refractivity contribution is 8.02. The van der Waals surface area contributed by atoms with Crippen LogP contribution in [-0.4, -0.2) is 31.8 Å². The van der Waals surface area contributed by atoms with E-state index in [1.165, 1.54) is 11.8 Å². The highest BCUT2D eigenvalue weighted by Crippen LogP contribution is 2.34. The van der Waals surface area contributed by atoms with Crippen molar-refractivity contribution in [3.05, 3.63) is 42.0 Å². The first-order chi connectivity index (χ1) is 12.7. The number of hydrogen-bond acceptors (Lipinski definition) is 10. The zero-order valence-electron chi connectivity index (χ0n) is 13.9. The lowest BCUT2D eigenvalue weighted by atomic mass is 10.1. The molecule has 0 saturated carbocycles. The van der Waals surface area contributed by atoms with Crippen LogP contribution in [0.2, 0.25) is 0 Å². The van der Waals surface area contributed by atoms with Crippen molar-refractivity contribution in [1.29, 1.82) is 0 Å². The van der Waals surface area contributed by atoms with Gasteiger partial charge in [0, 0.05) is 5.56 Å². The van der Waals surface area contributed by atoms with Crippen molar-refractivity contribution in [3.63, 3.8) is 0 Å². The summed E-state index contributed by atoms with van der Waals surface area (Å²) in [5, 5.41) is 20.7. The van der Waals surface area contributed by atoms with Gasteiger partial charge in [0.25, 0.3) is 5.89 Å². The van der Waals surface area contributed by atoms with E-state index in [-0.39, 0.29) is 0 Å². The van der Waals surface area contributed by atoms with Crippen molar-refractivity contribution >= 4 is 34.9 Å². The van der Waals surface area contributed by atoms with Crippen molar-refractivity contribution < 1.29 is 8.94 Å². The fourth-order valence-corrected chi connectivity index (χ4v) is 4.57. The maximum Gasteiger partial charge on any atom is 0.253 e. The Morgan fingerprint density at radius 3 is 2.62 bits per heavy atom. The van der Waals surface area contributed by atoms with Crippen LogP contribution in [0.15, 0.2) is 48.0 Å². The van der Waals surface area contributed by atoms with E-state index >= 15 is 0 Å². The second-order valence-electron chi connectivity index (χ2n) is 5.16. The molecule has 0 amide bonds. The summed E-state index contributed by atoms with van der Waals surface area (Å²) in [7, 11) is 0. The molecule has 0 bridgehead atoms. The fourth-order valence-electron chi connectivity index (χ4n) is 2.29. The van der Waals surface area contributed by atoms with E-state index in [2.05, 4.69) is 25.6 Å². The van der Waals surface area contributed by atoms with Crippen molar-refractivity contribution in [1.82, 2.24) is 25.6 Å². The van der Waals surface area contributed by atoms with Gasteiger partial charge in [0.1, 0.15) is 17.0 Å². The molecule has 132 valence electrons. The molecule has 0 N–H and O–H groups in total. The molecule has 0 fully saturated rings. The first-order valence-corrected chi connectivity index (χ1v) is 10.6. The highest BCUT2D eigenvalue weighted by atomic mass is 32.2. The molecule has 0 spiro atoms. The molecule has 0 unspecified atom stereocenters. The Morgan fingerprint density at radius 2 is 1.85 bits per heavy atom. The minimum Gasteiger partial charge on any atom is -0.420 e. The number of aryl methyl sites for hydroxylation is 1. The highest BCUT2D eigenvalue weighted by Gasteiger charge is 2.22. The Hall–Kier alpha value is -2.17. The van der Waals surface area contributed by atoms with Crippen LogP contribution in [-0.2, 0) is 5.75 Å². The number of aromatic nitrogens is 5. The van der Waals surface area contributed by atoms with Crippen LogP contribution in [0.1, 0.15) is 11.7 Å². The zero-order chi connectivity index (χ0) is 17.9. The molecule has 10 heteroatoms. The summed E-state index contributed by atoms with van der Waals surface area (Å²) < 4.78 is 13.0. The van der Waals surface area contributed by atoms with Crippen LogP contribution < -0.4 is 0 Å². The molecule has 0 aliphatic heterocycles. The lowest BCUT2D eigenvalue weighted by Gasteiger charge is -1.98. The summed E-state index contributed by atoms with van der Waals surface area (Å²) >= 11 is 4.65. The minimum atomic E-state index is 0.403. The number of thioether (sulfide) groups is 2. The summed E-state index contributed by atoms with van der Waals surface area (Å²) in [6, 6.07) is 9.78. The number of benzene rings is 1. The van der Waals surface area contributed by atoms with E-state index in [0.717, 1.165) is 19.8 Å². The van der Waals surface area contributed by atoms with Crippen LogP contribution in [0.3, 0.4) is 0 Å². The summed E-state index contributed by atoms with van der Waals surface area (Å²) in [5.74, 6) is 2.09. The molecular formula is C16H13N5O2S3. The summed E-state index contributed by atoms with van der Waals surface area (Å²) in [6.45, 7) is 1.83. The monoisotopic (exact) mass is 403 g/mol. The molecule has 1 aromatic carbocycles. The SMILES string of the molecule is CSc1nnc(SCc2nnc(-c3c(-c4ccccc4)noc3C)o2)s1. The molecule has 7 nitrogen and oxygen atoms in total. The number of hydrogen-bond donors (Lipinski definition) is 0. The van der Waals surface area contributed by atoms with Crippen molar-refractivity contribution in [2.24, 2.45) is 0 Å². The molecule has 3 heterocycles. The molecule has 0 radical (unpaired) electrons. The second kappa shape index (κ2) is 7.60. The van der Waals surface area contributed by atoms with Gasteiger partial charge in [-0.05, 0) is 13.2 Å². The van der Waals surface area contributed by atoms with Crippen LogP contribution >= 0.6 is 34.9 Å². The average Bonchev–Trinajstić information content (AvgIpc) is 3.40. The Balaban J connectivity index is 1.56. The lowest BCUT2D eigenvalue weighted by molar-refractivity contribution is 0.399. The van der Waals surface area contributed by atoms with Gasteiger partial charge in [-0.1, -0.05) is 70.3 Å². The third-order valence-electron chi connectivity index (χ3n) is 3.47. The van der Waals surface area contributed by atoms with Gasteiger partial charge in [0.15, 0.2) is 8.68 Å². The standard InChI is InChI=1S/C16H13N5O2S3/c1-9-12(13(21-23-9)10-6-4-3-5-7-10)14-18-17-11(22-14)8-25-16-20-19-15(24-2)26-16/h3-7H,8H2,1-2H3. The molecule has 0 atom stereocenters. The summed E-state index contributed by atoms with van der Waals surface area (Å²) in [6.07, 6.45) is 1.98. The van der Waals surface area contributed by atoms with Crippen molar-refractivity contribution in [3.8, 4) is 22.7 Å². The Morgan fingerprint density at radius 1 is 1.04 bits per heavy atom. The molecule has 0 aliphatic rings. The molecule has 3 aromatic heterocycles. The fraction of sp³-hybridized carbons (Fsp3) is 0.188. The predicted molar refractivity (Wildman–Crippen MR) is 101 cm³/mol. The van der Waals surface area contributed by atoms with E-state index in [4.69, 9.17) is 8.94 Å². The van der Waals surface area contributed by atoms with Crippen LogP contribution in [0.25, 0.3) is 22.7 Å². The molecule has 0 aliphatic carbocycles. The van der Waals surface area contributed by atoms with Gasteiger partial charge < -0.3 is 8.94 Å². The zero-order valence-corrected chi connectivity index (χ0v) is 16.3. The first kappa shape index (κ1) is 17.3. The van der Waals surface area contributed by atoms with E-state index in [1.54, 1.807) is 23.1 Å². The largest absolute Gasteiger partial charge is 0.420 e. The van der Waals surface area contributed by atoms with Gasteiger partial charge >= 0.3 is 0 Å². The first-order valence-electron chi connectivity index (χ1n) is 7.59. The maximum atomic E-state index is 5.83. The normalized spacial score (nSPS) is 11.2. The molecule has 26 heavy (non-hydrogen) atoms. The smallest absolute Gasteiger partial charge is 0.253 e. The maximum absolute atomic E-state index is 5.83. The molecule has 4 rings (SSSR count). The average molecular weight is 404 g/mol. The molecule has 4 aromatic rings. The number of nitrogens with zero attached hydrogens (tertiary/aromatic N) is 5. The van der Waals surface area contributed by atoms with E-state index < -0.39 is 0 Å². The van der Waals surface area contributed by atoms with E-state index in [0.29, 0.717) is 29.0 Å². The van der Waals surface area contributed by atoms with Gasteiger partial charge in [0.2, 0.25) is 5.89 Å². The van der Waals surface area contributed by atoms with Gasteiger partial charge in [-0.25, -0.2) is 0 Å².